The van der Waals surface area contributed by atoms with Gasteiger partial charge in [0.15, 0.2) is 11.1 Å². The molecule has 3 aromatic rings. The second-order valence-corrected chi connectivity index (χ2v) is 7.20. The lowest BCUT2D eigenvalue weighted by Crippen LogP contribution is -2.15. The van der Waals surface area contributed by atoms with E-state index in [2.05, 4.69) is 10.4 Å². The number of halogens is 2. The fourth-order valence-corrected chi connectivity index (χ4v) is 3.31. The van der Waals surface area contributed by atoms with Gasteiger partial charge in [-0.15, -0.1) is 0 Å². The fraction of sp³-hybridized carbons (Fsp3) is 0.111. The number of carbonyl (C=O) groups excluding carboxylic acids is 1. The zero-order valence-corrected chi connectivity index (χ0v) is 15.7. The SMILES string of the molecule is Cc1cnn(-c2ccc(NC(=O)Cc3ccc(F)cc3Cl)cc2S(=O)O)c1. The summed E-state index contributed by atoms with van der Waals surface area (Å²) in [5.41, 5.74) is 2.16. The molecule has 27 heavy (non-hydrogen) atoms. The smallest absolute Gasteiger partial charge is 0.228 e. The Morgan fingerprint density at radius 2 is 2.11 bits per heavy atom. The van der Waals surface area contributed by atoms with Crippen LogP contribution in [0.25, 0.3) is 5.69 Å². The van der Waals surface area contributed by atoms with Gasteiger partial charge in [0.1, 0.15) is 5.82 Å². The number of nitrogens with one attached hydrogen (secondary N) is 1. The van der Waals surface area contributed by atoms with E-state index in [9.17, 15) is 17.9 Å². The van der Waals surface area contributed by atoms with Crippen LogP contribution in [-0.4, -0.2) is 24.4 Å². The Labute approximate surface area is 162 Å². The lowest BCUT2D eigenvalue weighted by Gasteiger charge is -2.11. The van der Waals surface area contributed by atoms with Crippen molar-refractivity contribution in [3.63, 3.8) is 0 Å². The minimum atomic E-state index is -2.28. The second kappa shape index (κ2) is 7.99. The molecule has 2 aromatic carbocycles. The van der Waals surface area contributed by atoms with Gasteiger partial charge < -0.3 is 9.87 Å². The molecule has 0 radical (unpaired) electrons. The van der Waals surface area contributed by atoms with Gasteiger partial charge in [-0.05, 0) is 48.4 Å². The van der Waals surface area contributed by atoms with Crippen molar-refractivity contribution in [2.75, 3.05) is 5.32 Å². The summed E-state index contributed by atoms with van der Waals surface area (Å²) in [4.78, 5) is 12.3. The van der Waals surface area contributed by atoms with Gasteiger partial charge in [-0.3, -0.25) is 4.79 Å². The van der Waals surface area contributed by atoms with Gasteiger partial charge in [-0.25, -0.2) is 13.3 Å². The molecule has 6 nitrogen and oxygen atoms in total. The molecule has 9 heteroatoms. The molecule has 0 aliphatic carbocycles. The molecule has 2 N–H and O–H groups in total. The van der Waals surface area contributed by atoms with Crippen LogP contribution in [0.1, 0.15) is 11.1 Å². The normalized spacial score (nSPS) is 12.0. The Hall–Kier alpha value is -2.55. The maximum atomic E-state index is 13.1. The number of hydrogen-bond acceptors (Lipinski definition) is 3. The largest absolute Gasteiger partial charge is 0.326 e. The Balaban J connectivity index is 1.81. The quantitative estimate of drug-likeness (QED) is 0.631. The molecule has 0 fully saturated rings. The van der Waals surface area contributed by atoms with E-state index in [1.165, 1.54) is 22.9 Å². The Morgan fingerprint density at radius 1 is 1.33 bits per heavy atom. The van der Waals surface area contributed by atoms with Crippen LogP contribution >= 0.6 is 11.6 Å². The highest BCUT2D eigenvalue weighted by atomic mass is 35.5. The summed E-state index contributed by atoms with van der Waals surface area (Å²) in [7, 11) is 0. The third-order valence-corrected chi connectivity index (χ3v) is 4.81. The van der Waals surface area contributed by atoms with Gasteiger partial charge in [-0.2, -0.15) is 5.10 Å². The molecule has 0 bridgehead atoms. The lowest BCUT2D eigenvalue weighted by molar-refractivity contribution is -0.115. The molecule has 1 atom stereocenters. The van der Waals surface area contributed by atoms with Crippen LogP contribution in [0.3, 0.4) is 0 Å². The van der Waals surface area contributed by atoms with Gasteiger partial charge in [0.05, 0.1) is 23.2 Å². The minimum absolute atomic E-state index is 0.0588. The average molecular weight is 408 g/mol. The Bertz CT molecular complexity index is 1040. The monoisotopic (exact) mass is 407 g/mol. The first-order valence-electron chi connectivity index (χ1n) is 7.84. The van der Waals surface area contributed by atoms with Crippen LogP contribution in [0, 0.1) is 12.7 Å². The molecule has 0 saturated carbocycles. The van der Waals surface area contributed by atoms with Crippen molar-refractivity contribution in [3.05, 3.63) is 70.8 Å². The molecule has 0 aliphatic rings. The predicted octanol–water partition coefficient (Wildman–Crippen LogP) is 3.74. The summed E-state index contributed by atoms with van der Waals surface area (Å²) >= 11 is 3.65. The molecule has 1 aromatic heterocycles. The third kappa shape index (κ3) is 4.60. The van der Waals surface area contributed by atoms with Crippen LogP contribution in [0.4, 0.5) is 10.1 Å². The van der Waals surface area contributed by atoms with Crippen molar-refractivity contribution in [2.45, 2.75) is 18.2 Å². The van der Waals surface area contributed by atoms with Crippen LogP contribution in [0.2, 0.25) is 5.02 Å². The number of nitrogens with zero attached hydrogens (tertiary/aromatic N) is 2. The van der Waals surface area contributed by atoms with Gasteiger partial charge in [-0.1, -0.05) is 17.7 Å². The maximum absolute atomic E-state index is 13.1. The number of benzene rings is 2. The third-order valence-electron chi connectivity index (χ3n) is 3.76. The average Bonchev–Trinajstić information content (AvgIpc) is 3.03. The number of hydrogen-bond donors (Lipinski definition) is 2. The maximum Gasteiger partial charge on any atom is 0.228 e. The van der Waals surface area contributed by atoms with Gasteiger partial charge in [0.25, 0.3) is 0 Å². The molecular weight excluding hydrogens is 393 g/mol. The molecule has 0 spiro atoms. The van der Waals surface area contributed by atoms with Gasteiger partial charge in [0.2, 0.25) is 5.91 Å². The van der Waals surface area contributed by atoms with Crippen LogP contribution in [-0.2, 0) is 22.3 Å². The molecule has 1 heterocycles. The van der Waals surface area contributed by atoms with E-state index in [0.717, 1.165) is 11.6 Å². The van der Waals surface area contributed by atoms with E-state index >= 15 is 0 Å². The lowest BCUT2D eigenvalue weighted by atomic mass is 10.1. The summed E-state index contributed by atoms with van der Waals surface area (Å²) in [6, 6.07) is 8.41. The highest BCUT2D eigenvalue weighted by molar-refractivity contribution is 7.79. The summed E-state index contributed by atoms with van der Waals surface area (Å²) in [6.07, 6.45) is 3.30. The molecular formula is C18H15ClFN3O3S. The standard InChI is InChI=1S/C18H15ClFN3O3S/c1-11-9-21-23(10-11)16-5-4-14(8-17(16)27(25)26)22-18(24)6-12-2-3-13(20)7-15(12)19/h2-5,7-10H,6H2,1H3,(H,22,24)(H,25,26). The van der Waals surface area contributed by atoms with E-state index in [-0.39, 0.29) is 22.2 Å². The van der Waals surface area contributed by atoms with Crippen LogP contribution < -0.4 is 5.32 Å². The van der Waals surface area contributed by atoms with Crippen molar-refractivity contribution in [1.82, 2.24) is 9.78 Å². The molecule has 1 unspecified atom stereocenters. The van der Waals surface area contributed by atoms with Crippen LogP contribution in [0.15, 0.2) is 53.7 Å². The Kier molecular flexibility index (Phi) is 5.69. The highest BCUT2D eigenvalue weighted by Gasteiger charge is 2.14. The van der Waals surface area contributed by atoms with E-state index in [4.69, 9.17) is 11.6 Å². The number of amides is 1. The topological polar surface area (TPSA) is 84.2 Å². The first-order chi connectivity index (χ1) is 12.8. The number of carbonyl (C=O) groups is 1. The van der Waals surface area contributed by atoms with Crippen molar-refractivity contribution < 1.29 is 17.9 Å². The van der Waals surface area contributed by atoms with Gasteiger partial charge in [0, 0.05) is 16.9 Å². The van der Waals surface area contributed by atoms with Crippen molar-refractivity contribution in [3.8, 4) is 5.69 Å². The van der Waals surface area contributed by atoms with E-state index in [0.29, 0.717) is 16.9 Å². The predicted molar refractivity (Wildman–Crippen MR) is 101 cm³/mol. The van der Waals surface area contributed by atoms with Gasteiger partial charge >= 0.3 is 0 Å². The molecule has 1 amide bonds. The molecule has 0 saturated heterocycles. The molecule has 140 valence electrons. The van der Waals surface area contributed by atoms with E-state index in [1.54, 1.807) is 24.5 Å². The summed E-state index contributed by atoms with van der Waals surface area (Å²) < 4.78 is 35.9. The zero-order chi connectivity index (χ0) is 19.6. The second-order valence-electron chi connectivity index (χ2n) is 5.85. The molecule has 3 rings (SSSR count). The van der Waals surface area contributed by atoms with Crippen molar-refractivity contribution >= 4 is 34.3 Å². The fourth-order valence-electron chi connectivity index (χ4n) is 2.51. The van der Waals surface area contributed by atoms with E-state index < -0.39 is 16.9 Å². The zero-order valence-electron chi connectivity index (χ0n) is 14.1. The first-order valence-corrected chi connectivity index (χ1v) is 9.32. The number of anilines is 1. The van der Waals surface area contributed by atoms with Crippen molar-refractivity contribution in [2.24, 2.45) is 0 Å². The summed E-state index contributed by atoms with van der Waals surface area (Å²) in [6.45, 7) is 1.86. The number of aromatic nitrogens is 2. The van der Waals surface area contributed by atoms with Crippen LogP contribution in [0.5, 0.6) is 0 Å². The number of aryl methyl sites for hydroxylation is 1. The van der Waals surface area contributed by atoms with E-state index in [1.807, 2.05) is 6.92 Å². The summed E-state index contributed by atoms with van der Waals surface area (Å²) in [5.74, 6) is -0.871. The minimum Gasteiger partial charge on any atom is -0.326 e. The van der Waals surface area contributed by atoms with Crippen molar-refractivity contribution in [1.29, 1.82) is 0 Å². The highest BCUT2D eigenvalue weighted by Crippen LogP contribution is 2.23. The number of rotatable bonds is 5. The summed E-state index contributed by atoms with van der Waals surface area (Å²) in [5, 5.41) is 6.93. The Morgan fingerprint density at radius 3 is 2.74 bits per heavy atom. The first kappa shape index (κ1) is 19.2. The molecule has 0 aliphatic heterocycles.